The van der Waals surface area contributed by atoms with Crippen molar-refractivity contribution in [2.24, 2.45) is 0 Å². The normalized spacial score (nSPS) is 17.3. The first-order valence-corrected chi connectivity index (χ1v) is 4.46. The molecule has 0 bridgehead atoms. The highest BCUT2D eigenvalue weighted by atomic mass is 19.4. The van der Waals surface area contributed by atoms with Crippen molar-refractivity contribution in [2.45, 2.75) is 6.18 Å². The molecule has 0 aromatic heterocycles. The van der Waals surface area contributed by atoms with Gasteiger partial charge in [-0.15, -0.1) is 0 Å². The molecule has 1 rings (SSSR count). The van der Waals surface area contributed by atoms with Crippen LogP contribution in [0.15, 0.2) is 36.6 Å². The Labute approximate surface area is 90.9 Å². The molecule has 1 aliphatic rings. The van der Waals surface area contributed by atoms with Gasteiger partial charge in [-0.1, -0.05) is 19.2 Å². The van der Waals surface area contributed by atoms with Gasteiger partial charge in [-0.05, 0) is 6.08 Å². The lowest BCUT2D eigenvalue weighted by Crippen LogP contribution is -2.21. The Morgan fingerprint density at radius 3 is 2.50 bits per heavy atom. The van der Waals surface area contributed by atoms with Crippen molar-refractivity contribution < 1.29 is 18.0 Å². The van der Waals surface area contributed by atoms with E-state index in [0.29, 0.717) is 0 Å². The Morgan fingerprint density at radius 1 is 1.50 bits per heavy atom. The van der Waals surface area contributed by atoms with Crippen LogP contribution < -0.4 is 5.32 Å². The van der Waals surface area contributed by atoms with Gasteiger partial charge < -0.3 is 10.2 Å². The number of nitrogens with one attached hydrogen (secondary N) is 1. The van der Waals surface area contributed by atoms with E-state index in [1.807, 2.05) is 0 Å². The van der Waals surface area contributed by atoms with Crippen molar-refractivity contribution >= 4 is 5.91 Å². The molecule has 1 heterocycles. The van der Waals surface area contributed by atoms with Gasteiger partial charge in [0.2, 0.25) is 5.91 Å². The molecular weight excluding hydrogens is 221 g/mol. The Hall–Kier alpha value is -1.72. The van der Waals surface area contributed by atoms with E-state index in [1.54, 1.807) is 0 Å². The fourth-order valence-corrected chi connectivity index (χ4v) is 1.20. The first-order valence-electron chi connectivity index (χ1n) is 4.46. The third-order valence-corrected chi connectivity index (χ3v) is 2.08. The molecule has 88 valence electrons. The van der Waals surface area contributed by atoms with E-state index in [1.165, 1.54) is 4.90 Å². The maximum atomic E-state index is 12.4. The van der Waals surface area contributed by atoms with Crippen LogP contribution in [0.4, 0.5) is 13.2 Å². The molecule has 0 radical (unpaired) electrons. The Bertz CT molecular complexity index is 358. The zero-order chi connectivity index (χ0) is 12.3. The fourth-order valence-electron chi connectivity index (χ4n) is 1.20. The summed E-state index contributed by atoms with van der Waals surface area (Å²) in [5.74, 6) is -0.235. The molecule has 1 amide bonds. The van der Waals surface area contributed by atoms with Crippen LogP contribution in [-0.2, 0) is 4.79 Å². The van der Waals surface area contributed by atoms with Gasteiger partial charge in [0.25, 0.3) is 0 Å². The van der Waals surface area contributed by atoms with Crippen molar-refractivity contribution in [3.05, 3.63) is 36.6 Å². The van der Waals surface area contributed by atoms with Crippen molar-refractivity contribution in [1.82, 2.24) is 10.2 Å². The second-order valence-corrected chi connectivity index (χ2v) is 3.25. The molecule has 0 unspecified atom stereocenters. The summed E-state index contributed by atoms with van der Waals surface area (Å²) < 4.78 is 37.1. The molecule has 1 saturated heterocycles. The second kappa shape index (κ2) is 4.42. The number of amides is 1. The molecule has 6 heteroatoms. The summed E-state index contributed by atoms with van der Waals surface area (Å²) in [6.07, 6.45) is -2.87. The lowest BCUT2D eigenvalue weighted by atomic mass is 10.2. The third-order valence-electron chi connectivity index (χ3n) is 2.08. The van der Waals surface area contributed by atoms with Gasteiger partial charge >= 0.3 is 6.18 Å². The van der Waals surface area contributed by atoms with Gasteiger partial charge in [0.05, 0.1) is 18.8 Å². The van der Waals surface area contributed by atoms with Gasteiger partial charge in [-0.25, -0.2) is 0 Å². The highest BCUT2D eigenvalue weighted by molar-refractivity contribution is 5.80. The number of halogens is 3. The van der Waals surface area contributed by atoms with Crippen LogP contribution in [0.1, 0.15) is 0 Å². The minimum atomic E-state index is -4.46. The van der Waals surface area contributed by atoms with Crippen LogP contribution in [0.3, 0.4) is 0 Å². The van der Waals surface area contributed by atoms with E-state index in [4.69, 9.17) is 0 Å². The summed E-state index contributed by atoms with van der Waals surface area (Å²) in [4.78, 5) is 12.3. The maximum absolute atomic E-state index is 12.4. The molecule has 1 fully saturated rings. The van der Waals surface area contributed by atoms with Crippen molar-refractivity contribution in [1.29, 1.82) is 0 Å². The van der Waals surface area contributed by atoms with Crippen molar-refractivity contribution in [2.75, 3.05) is 13.2 Å². The minimum absolute atomic E-state index is 0.0254. The van der Waals surface area contributed by atoms with Crippen LogP contribution in [0.25, 0.3) is 0 Å². The first-order chi connectivity index (χ1) is 7.34. The van der Waals surface area contributed by atoms with Crippen LogP contribution in [0.2, 0.25) is 0 Å². The number of allylic oxidation sites excluding steroid dienone is 3. The summed E-state index contributed by atoms with van der Waals surface area (Å²) in [6.45, 7) is 6.78. The first kappa shape index (κ1) is 12.4. The highest BCUT2D eigenvalue weighted by Gasteiger charge is 2.32. The van der Waals surface area contributed by atoms with E-state index in [9.17, 15) is 18.0 Å². The molecule has 1 N–H and O–H groups in total. The van der Waals surface area contributed by atoms with E-state index in [2.05, 4.69) is 18.5 Å². The molecule has 0 spiro atoms. The lowest BCUT2D eigenvalue weighted by molar-refractivity contribution is -0.118. The second-order valence-electron chi connectivity index (χ2n) is 3.25. The molecular formula is C10H11F3N2O. The summed E-state index contributed by atoms with van der Waals surface area (Å²) in [5, 5.41) is 2.47. The summed E-state index contributed by atoms with van der Waals surface area (Å²) >= 11 is 0. The largest absolute Gasteiger partial charge is 0.416 e. The number of alkyl halides is 3. The molecule has 0 aromatic rings. The molecule has 0 aromatic carbocycles. The predicted octanol–water partition coefficient (Wildman–Crippen LogP) is 1.56. The van der Waals surface area contributed by atoms with Crippen LogP contribution in [0, 0.1) is 0 Å². The van der Waals surface area contributed by atoms with E-state index >= 15 is 0 Å². The number of carbonyl (C=O) groups excluding carboxylic acids is 1. The van der Waals surface area contributed by atoms with Gasteiger partial charge in [-0.3, -0.25) is 4.79 Å². The quantitative estimate of drug-likeness (QED) is 0.749. The smallest absolute Gasteiger partial charge is 0.345 e. The number of hydrogen-bond acceptors (Lipinski definition) is 2. The van der Waals surface area contributed by atoms with Gasteiger partial charge in [0.15, 0.2) is 0 Å². The number of carbonyl (C=O) groups is 1. The lowest BCUT2D eigenvalue weighted by Gasteiger charge is -2.16. The van der Waals surface area contributed by atoms with Gasteiger partial charge in [0, 0.05) is 5.70 Å². The molecule has 0 atom stereocenters. The molecule has 0 saturated carbocycles. The average Bonchev–Trinajstić information content (AvgIpc) is 2.59. The van der Waals surface area contributed by atoms with E-state index in [-0.39, 0.29) is 24.8 Å². The Balaban J connectivity index is 2.78. The maximum Gasteiger partial charge on any atom is 0.416 e. The van der Waals surface area contributed by atoms with E-state index in [0.717, 1.165) is 12.2 Å². The van der Waals surface area contributed by atoms with Crippen LogP contribution in [-0.4, -0.2) is 30.2 Å². The number of rotatable bonds is 3. The van der Waals surface area contributed by atoms with E-state index < -0.39 is 11.7 Å². The SMILES string of the molecule is C=C/C(=C\C(=C)N1CNC(=O)C1)C(F)(F)F. The zero-order valence-electron chi connectivity index (χ0n) is 8.47. The fraction of sp³-hybridized carbons (Fsp3) is 0.300. The van der Waals surface area contributed by atoms with Crippen molar-refractivity contribution in [3.63, 3.8) is 0 Å². The zero-order valence-corrected chi connectivity index (χ0v) is 8.47. The highest BCUT2D eigenvalue weighted by Crippen LogP contribution is 2.27. The average molecular weight is 232 g/mol. The molecule has 0 aliphatic carbocycles. The number of hydrogen-bond donors (Lipinski definition) is 1. The van der Waals surface area contributed by atoms with Crippen molar-refractivity contribution in [3.8, 4) is 0 Å². The minimum Gasteiger partial charge on any atom is -0.345 e. The molecule has 1 aliphatic heterocycles. The molecule has 16 heavy (non-hydrogen) atoms. The summed E-state index contributed by atoms with van der Waals surface area (Å²) in [6, 6.07) is 0. The predicted molar refractivity (Wildman–Crippen MR) is 53.2 cm³/mol. The Kier molecular flexibility index (Phi) is 3.41. The number of nitrogens with zero attached hydrogens (tertiary/aromatic N) is 1. The monoisotopic (exact) mass is 232 g/mol. The summed E-state index contributed by atoms with van der Waals surface area (Å²) in [5.41, 5.74) is -0.748. The topological polar surface area (TPSA) is 32.3 Å². The standard InChI is InChI=1S/C10H11F3N2O/c1-3-8(10(11,12)13)4-7(2)15-5-9(16)14-6-15/h3-4H,1-2,5-6H2,(H,14,16)/b8-4+. The summed E-state index contributed by atoms with van der Waals surface area (Å²) in [7, 11) is 0. The third kappa shape index (κ3) is 2.88. The van der Waals surface area contributed by atoms with Crippen LogP contribution in [0.5, 0.6) is 0 Å². The molecule has 3 nitrogen and oxygen atoms in total. The van der Waals surface area contributed by atoms with Crippen LogP contribution >= 0.6 is 0 Å². The van der Waals surface area contributed by atoms with Gasteiger partial charge in [0.1, 0.15) is 0 Å². The Morgan fingerprint density at radius 2 is 2.12 bits per heavy atom. The van der Waals surface area contributed by atoms with Gasteiger partial charge in [-0.2, -0.15) is 13.2 Å².